The summed E-state index contributed by atoms with van der Waals surface area (Å²) in [5, 5.41) is 10.5. The number of fused-ring (bicyclic) bond motifs is 2. The van der Waals surface area contributed by atoms with Gasteiger partial charge in [0, 0.05) is 0 Å². The first-order valence-corrected chi connectivity index (χ1v) is 9.50. The number of tetrazole rings is 1. The number of hydrogen-bond donors (Lipinski definition) is 1. The standard InChI is InChI=1S/C20H22FN5O2/c1-3-17(14-6-4-12(2)16(21)10-14)22-19(27)11-25-20(28)26(24-23-25)18-7-5-13-8-15(18)9-13/h1,4,6,10,13,15,17-18H,5,7-9,11H2,2H3,(H,22,27)/t13?,15?,17-,18?/m0/s1. The highest BCUT2D eigenvalue weighted by Crippen LogP contribution is 2.50. The van der Waals surface area contributed by atoms with Gasteiger partial charge in [-0.1, -0.05) is 18.1 Å². The quantitative estimate of drug-likeness (QED) is 0.798. The molecule has 2 aromatic rings. The maximum Gasteiger partial charge on any atom is 0.364 e. The molecule has 28 heavy (non-hydrogen) atoms. The van der Waals surface area contributed by atoms with Crippen LogP contribution in [0.5, 0.6) is 0 Å². The number of hydrogen-bond acceptors (Lipinski definition) is 4. The van der Waals surface area contributed by atoms with Gasteiger partial charge in [-0.2, -0.15) is 9.36 Å². The van der Waals surface area contributed by atoms with Gasteiger partial charge in [-0.3, -0.25) is 4.79 Å². The highest BCUT2D eigenvalue weighted by atomic mass is 19.1. The summed E-state index contributed by atoms with van der Waals surface area (Å²) in [4.78, 5) is 25.0. The Balaban J connectivity index is 1.44. The smallest absolute Gasteiger partial charge is 0.337 e. The molecule has 1 heterocycles. The molecule has 0 spiro atoms. The molecule has 7 nitrogen and oxygen atoms in total. The molecule has 1 aromatic carbocycles. The Morgan fingerprint density at radius 3 is 2.82 bits per heavy atom. The summed E-state index contributed by atoms with van der Waals surface area (Å²) in [6.45, 7) is 1.36. The molecule has 146 valence electrons. The van der Waals surface area contributed by atoms with Crippen molar-refractivity contribution in [3.8, 4) is 12.3 Å². The summed E-state index contributed by atoms with van der Waals surface area (Å²) in [6.07, 6.45) is 9.82. The summed E-state index contributed by atoms with van der Waals surface area (Å²) < 4.78 is 16.2. The van der Waals surface area contributed by atoms with Crippen molar-refractivity contribution in [3.63, 3.8) is 0 Å². The second-order valence-corrected chi connectivity index (χ2v) is 7.78. The van der Waals surface area contributed by atoms with Crippen LogP contribution in [0.1, 0.15) is 48.9 Å². The predicted octanol–water partition coefficient (Wildman–Crippen LogP) is 1.74. The number of halogens is 1. The Hall–Kier alpha value is -2.95. The van der Waals surface area contributed by atoms with Gasteiger partial charge in [0.25, 0.3) is 0 Å². The number of aromatic nitrogens is 4. The SMILES string of the molecule is C#C[C@H](NC(=O)Cn1nnn(C2CCC3CC2C3)c1=O)c1ccc(C)c(F)c1. The summed E-state index contributed by atoms with van der Waals surface area (Å²) in [5.41, 5.74) is 0.579. The third-order valence-corrected chi connectivity index (χ3v) is 5.96. The highest BCUT2D eigenvalue weighted by Gasteiger charge is 2.42. The molecule has 5 rings (SSSR count). The van der Waals surface area contributed by atoms with Crippen molar-refractivity contribution in [2.75, 3.05) is 0 Å². The van der Waals surface area contributed by atoms with Crippen LogP contribution in [-0.4, -0.2) is 25.7 Å². The van der Waals surface area contributed by atoms with Gasteiger partial charge < -0.3 is 5.32 Å². The molecule has 1 amide bonds. The van der Waals surface area contributed by atoms with E-state index in [2.05, 4.69) is 21.7 Å². The number of carbonyl (C=O) groups excluding carboxylic acids is 1. The summed E-state index contributed by atoms with van der Waals surface area (Å²) >= 11 is 0. The van der Waals surface area contributed by atoms with E-state index >= 15 is 0 Å². The third-order valence-electron chi connectivity index (χ3n) is 5.96. The minimum Gasteiger partial charge on any atom is -0.337 e. The normalized spacial score (nSPS) is 24.1. The molecule has 8 heteroatoms. The van der Waals surface area contributed by atoms with Gasteiger partial charge in [-0.25, -0.2) is 9.18 Å². The topological polar surface area (TPSA) is 81.8 Å². The van der Waals surface area contributed by atoms with Crippen LogP contribution in [-0.2, 0) is 11.3 Å². The predicted molar refractivity (Wildman–Crippen MR) is 99.6 cm³/mol. The van der Waals surface area contributed by atoms with E-state index in [-0.39, 0.29) is 18.3 Å². The van der Waals surface area contributed by atoms with Crippen LogP contribution in [0, 0.1) is 36.9 Å². The lowest BCUT2D eigenvalue weighted by molar-refractivity contribution is -0.122. The maximum absolute atomic E-state index is 13.8. The number of amides is 1. The average Bonchev–Trinajstić information content (AvgIpc) is 3.02. The van der Waals surface area contributed by atoms with Gasteiger partial charge in [0.1, 0.15) is 18.4 Å². The monoisotopic (exact) mass is 383 g/mol. The molecule has 3 aliphatic carbocycles. The Morgan fingerprint density at radius 2 is 2.18 bits per heavy atom. The fourth-order valence-corrected chi connectivity index (χ4v) is 4.25. The molecule has 1 aromatic heterocycles. The number of rotatable bonds is 5. The maximum atomic E-state index is 13.8. The molecule has 1 N–H and O–H groups in total. The van der Waals surface area contributed by atoms with Crippen molar-refractivity contribution >= 4 is 5.91 Å². The van der Waals surface area contributed by atoms with Gasteiger partial charge in [0.05, 0.1) is 6.04 Å². The lowest BCUT2D eigenvalue weighted by Gasteiger charge is -2.45. The first kappa shape index (κ1) is 18.4. The minimum atomic E-state index is -0.793. The third kappa shape index (κ3) is 3.33. The Labute approximate surface area is 161 Å². The first-order valence-electron chi connectivity index (χ1n) is 9.50. The molecule has 2 bridgehead atoms. The van der Waals surface area contributed by atoms with E-state index in [0.717, 1.165) is 36.3 Å². The number of nitrogens with zero attached hydrogens (tertiary/aromatic N) is 4. The number of nitrogens with one attached hydrogen (secondary N) is 1. The van der Waals surface area contributed by atoms with Crippen LogP contribution in [0.4, 0.5) is 4.39 Å². The fraction of sp³-hybridized carbons (Fsp3) is 0.500. The summed E-state index contributed by atoms with van der Waals surface area (Å²) in [6, 6.07) is 3.85. The van der Waals surface area contributed by atoms with Crippen molar-refractivity contribution in [1.29, 1.82) is 0 Å². The molecular weight excluding hydrogens is 361 g/mol. The van der Waals surface area contributed by atoms with Gasteiger partial charge in [-0.15, -0.1) is 6.42 Å². The zero-order valence-electron chi connectivity index (χ0n) is 15.6. The van der Waals surface area contributed by atoms with Crippen LogP contribution in [0.25, 0.3) is 0 Å². The van der Waals surface area contributed by atoms with E-state index in [1.807, 2.05) is 0 Å². The van der Waals surface area contributed by atoms with Crippen molar-refractivity contribution in [2.45, 2.75) is 51.2 Å². The van der Waals surface area contributed by atoms with Gasteiger partial charge in [0.15, 0.2) is 0 Å². The highest BCUT2D eigenvalue weighted by molar-refractivity contribution is 5.76. The molecule has 3 aliphatic rings. The van der Waals surface area contributed by atoms with E-state index in [1.165, 1.54) is 10.7 Å². The zero-order chi connectivity index (χ0) is 19.8. The second-order valence-electron chi connectivity index (χ2n) is 7.78. The van der Waals surface area contributed by atoms with Crippen LogP contribution in [0.3, 0.4) is 0 Å². The van der Waals surface area contributed by atoms with E-state index in [9.17, 15) is 14.0 Å². The van der Waals surface area contributed by atoms with Crippen LogP contribution >= 0.6 is 0 Å². The van der Waals surface area contributed by atoms with Gasteiger partial charge >= 0.3 is 5.69 Å². The molecular formula is C20H22FN5O2. The number of terminal acetylenes is 1. The van der Waals surface area contributed by atoms with E-state index < -0.39 is 17.8 Å². The van der Waals surface area contributed by atoms with Crippen molar-refractivity contribution < 1.29 is 9.18 Å². The van der Waals surface area contributed by atoms with Crippen LogP contribution in [0.2, 0.25) is 0 Å². The number of benzene rings is 1. The minimum absolute atomic E-state index is 0.0725. The molecule has 3 fully saturated rings. The largest absolute Gasteiger partial charge is 0.364 e. The molecule has 0 aliphatic heterocycles. The molecule has 3 saturated carbocycles. The molecule has 0 saturated heterocycles. The van der Waals surface area contributed by atoms with Crippen molar-refractivity contribution in [3.05, 3.63) is 45.6 Å². The Morgan fingerprint density at radius 1 is 1.39 bits per heavy atom. The second kappa shape index (κ2) is 7.23. The molecule has 1 unspecified atom stereocenters. The molecule has 0 radical (unpaired) electrons. The van der Waals surface area contributed by atoms with E-state index in [4.69, 9.17) is 6.42 Å². The van der Waals surface area contributed by atoms with Crippen molar-refractivity contribution in [2.24, 2.45) is 11.8 Å². The van der Waals surface area contributed by atoms with Crippen LogP contribution in [0.15, 0.2) is 23.0 Å². The zero-order valence-corrected chi connectivity index (χ0v) is 15.6. The lowest BCUT2D eigenvalue weighted by Crippen LogP contribution is -2.42. The van der Waals surface area contributed by atoms with Gasteiger partial charge in [0.2, 0.25) is 5.91 Å². The first-order chi connectivity index (χ1) is 13.5. The van der Waals surface area contributed by atoms with Crippen molar-refractivity contribution in [1.82, 2.24) is 25.1 Å². The fourth-order valence-electron chi connectivity index (χ4n) is 4.25. The average molecular weight is 383 g/mol. The summed E-state index contributed by atoms with van der Waals surface area (Å²) in [5.74, 6) is 2.84. The summed E-state index contributed by atoms with van der Waals surface area (Å²) in [7, 11) is 0. The number of aryl methyl sites for hydroxylation is 1. The van der Waals surface area contributed by atoms with Gasteiger partial charge in [-0.05, 0) is 72.1 Å². The molecule has 2 atom stereocenters. The van der Waals surface area contributed by atoms with E-state index in [0.29, 0.717) is 17.0 Å². The van der Waals surface area contributed by atoms with E-state index in [1.54, 1.807) is 19.1 Å². The van der Waals surface area contributed by atoms with Crippen LogP contribution < -0.4 is 11.0 Å². The number of carbonyl (C=O) groups is 1. The Kier molecular flexibility index (Phi) is 4.75. The lowest BCUT2D eigenvalue weighted by atomic mass is 9.63. The Bertz CT molecular complexity index is 996.